The number of aliphatic hydroxyl groups excluding tert-OH is 2. The fourth-order valence-electron chi connectivity index (χ4n) is 8.15. The lowest BCUT2D eigenvalue weighted by molar-refractivity contribution is 0.176. The summed E-state index contributed by atoms with van der Waals surface area (Å²) in [4.78, 5) is 39.0. The molecule has 2 aromatic carbocycles. The van der Waals surface area contributed by atoms with Gasteiger partial charge in [0.2, 0.25) is 0 Å². The van der Waals surface area contributed by atoms with Crippen molar-refractivity contribution in [3.8, 4) is 0 Å². The molecule has 4 aliphatic rings. The SMILES string of the molecule is Fc1ccc(I)c(C2CCCN2)c1.O=C(Nc1cnn2ccc(Cl)nc12)N1CC[C@H](O)C1.O=C(Nc1cnn2ccc(N3CCCC3c3cc(Br)ccc3I)nc12)N1CC[C@H](O)C1. The molecule has 5 N–H and O–H groups in total. The highest BCUT2D eigenvalue weighted by Crippen LogP contribution is 2.38. The van der Waals surface area contributed by atoms with E-state index >= 15 is 0 Å². The number of amides is 4. The van der Waals surface area contributed by atoms with Crippen LogP contribution in [0.25, 0.3) is 11.3 Å². The molecule has 6 aromatic rings. The molecule has 0 spiro atoms. The number of fused-ring (bicyclic) bond motifs is 2. The molecule has 4 saturated heterocycles. The molecule has 16 nitrogen and oxygen atoms in total. The number of halogens is 5. The van der Waals surface area contributed by atoms with Crippen LogP contribution in [0.2, 0.25) is 5.15 Å². The molecular weight excluding hydrogens is 1120 g/mol. The van der Waals surface area contributed by atoms with E-state index in [0.29, 0.717) is 72.9 Å². The molecule has 21 heteroatoms. The monoisotopic (exact) mass is 1170 g/mol. The van der Waals surface area contributed by atoms with Crippen molar-refractivity contribution in [1.29, 1.82) is 0 Å². The van der Waals surface area contributed by atoms with Crippen molar-refractivity contribution in [2.45, 2.75) is 62.8 Å². The zero-order valence-corrected chi connectivity index (χ0v) is 40.5. The van der Waals surface area contributed by atoms with E-state index in [1.54, 1.807) is 38.8 Å². The van der Waals surface area contributed by atoms with Gasteiger partial charge in [0.1, 0.15) is 28.2 Å². The second-order valence-corrected chi connectivity index (χ2v) is 19.3. The van der Waals surface area contributed by atoms with Gasteiger partial charge >= 0.3 is 12.1 Å². The van der Waals surface area contributed by atoms with Crippen molar-refractivity contribution in [2.24, 2.45) is 0 Å². The van der Waals surface area contributed by atoms with E-state index in [4.69, 9.17) is 16.6 Å². The first-order valence-electron chi connectivity index (χ1n) is 20.6. The van der Waals surface area contributed by atoms with E-state index in [1.165, 1.54) is 32.3 Å². The average Bonchev–Trinajstić information content (AvgIpc) is 4.14. The minimum Gasteiger partial charge on any atom is -0.391 e. The molecule has 63 heavy (non-hydrogen) atoms. The third-order valence-electron chi connectivity index (χ3n) is 11.3. The summed E-state index contributed by atoms with van der Waals surface area (Å²) in [5.74, 6) is 0.738. The van der Waals surface area contributed by atoms with Crippen LogP contribution in [0.1, 0.15) is 61.7 Å². The van der Waals surface area contributed by atoms with Crippen molar-refractivity contribution < 1.29 is 24.2 Å². The summed E-state index contributed by atoms with van der Waals surface area (Å²) in [7, 11) is 0. The highest BCUT2D eigenvalue weighted by Gasteiger charge is 2.30. The van der Waals surface area contributed by atoms with Crippen LogP contribution in [-0.2, 0) is 0 Å². The van der Waals surface area contributed by atoms with E-state index in [-0.39, 0.29) is 23.9 Å². The van der Waals surface area contributed by atoms with Crippen LogP contribution in [0, 0.1) is 13.0 Å². The molecule has 8 heterocycles. The predicted octanol–water partition coefficient (Wildman–Crippen LogP) is 7.87. The van der Waals surface area contributed by atoms with Gasteiger partial charge < -0.3 is 40.9 Å². The number of hydrogen-bond donors (Lipinski definition) is 5. The summed E-state index contributed by atoms with van der Waals surface area (Å²) in [5, 5.41) is 36.8. The van der Waals surface area contributed by atoms with Crippen molar-refractivity contribution >= 4 is 113 Å². The maximum atomic E-state index is 13.0. The number of carbonyl (C=O) groups excluding carboxylic acids is 2. The smallest absolute Gasteiger partial charge is 0.322 e. The lowest BCUT2D eigenvalue weighted by atomic mass is 10.0. The van der Waals surface area contributed by atoms with E-state index in [1.807, 2.05) is 18.3 Å². The lowest BCUT2D eigenvalue weighted by Gasteiger charge is -2.27. The van der Waals surface area contributed by atoms with E-state index in [0.717, 1.165) is 51.8 Å². The van der Waals surface area contributed by atoms with Crippen LogP contribution in [0.15, 0.2) is 77.8 Å². The van der Waals surface area contributed by atoms with Crippen LogP contribution in [0.5, 0.6) is 0 Å². The van der Waals surface area contributed by atoms with Crippen LogP contribution < -0.4 is 20.9 Å². The number of urea groups is 2. The van der Waals surface area contributed by atoms with Gasteiger partial charge in [-0.3, -0.25) is 0 Å². The lowest BCUT2D eigenvalue weighted by Crippen LogP contribution is -2.33. The Kier molecular flexibility index (Phi) is 14.8. The van der Waals surface area contributed by atoms with Gasteiger partial charge in [-0.25, -0.2) is 33.0 Å². The number of anilines is 3. The zero-order chi connectivity index (χ0) is 44.2. The first-order valence-corrected chi connectivity index (χ1v) is 23.9. The molecule has 2 unspecified atom stereocenters. The van der Waals surface area contributed by atoms with Gasteiger partial charge in [-0.05, 0) is 150 Å². The minimum absolute atomic E-state index is 0.135. The van der Waals surface area contributed by atoms with Crippen molar-refractivity contribution in [1.82, 2.24) is 44.3 Å². The first kappa shape index (κ1) is 45.6. The molecule has 4 atom stereocenters. The summed E-state index contributed by atoms with van der Waals surface area (Å²) in [5.41, 5.74) is 4.57. The van der Waals surface area contributed by atoms with Gasteiger partial charge in [-0.1, -0.05) is 27.5 Å². The molecule has 4 amide bonds. The van der Waals surface area contributed by atoms with E-state index < -0.39 is 12.2 Å². The van der Waals surface area contributed by atoms with Gasteiger partial charge in [0, 0.05) is 62.8 Å². The first-order chi connectivity index (χ1) is 30.4. The Morgan fingerprint density at radius 1 is 0.778 bits per heavy atom. The number of aliphatic hydroxyl groups is 2. The topological polar surface area (TPSA) is 181 Å². The number of benzene rings is 2. The van der Waals surface area contributed by atoms with Crippen molar-refractivity contribution in [3.63, 3.8) is 0 Å². The second-order valence-electron chi connectivity index (χ2n) is 15.7. The normalized spacial score (nSPS) is 20.8. The Bertz CT molecular complexity index is 2600. The molecule has 0 radical (unpaired) electrons. The summed E-state index contributed by atoms with van der Waals surface area (Å²) in [6.07, 6.45) is 11.5. The van der Waals surface area contributed by atoms with E-state index in [9.17, 15) is 24.2 Å². The van der Waals surface area contributed by atoms with Gasteiger partial charge in [0.25, 0.3) is 0 Å². The molecule has 10 rings (SSSR count). The van der Waals surface area contributed by atoms with Crippen LogP contribution >= 0.6 is 72.7 Å². The Morgan fingerprint density at radius 2 is 1.40 bits per heavy atom. The number of hydrogen-bond acceptors (Lipinski definition) is 10. The van der Waals surface area contributed by atoms with Crippen LogP contribution in [0.4, 0.5) is 31.2 Å². The molecule has 0 saturated carbocycles. The summed E-state index contributed by atoms with van der Waals surface area (Å²) in [6.45, 7) is 3.77. The maximum absolute atomic E-state index is 13.0. The van der Waals surface area contributed by atoms with Gasteiger partial charge in [0.15, 0.2) is 11.3 Å². The van der Waals surface area contributed by atoms with Crippen molar-refractivity contribution in [3.05, 3.63) is 107 Å². The predicted molar refractivity (Wildman–Crippen MR) is 259 cm³/mol. The summed E-state index contributed by atoms with van der Waals surface area (Å²) in [6, 6.07) is 15.1. The number of carbonyl (C=O) groups is 2. The van der Waals surface area contributed by atoms with Crippen LogP contribution in [-0.4, -0.2) is 113 Å². The van der Waals surface area contributed by atoms with Gasteiger partial charge in [-0.2, -0.15) is 10.2 Å². The number of nitrogens with zero attached hydrogens (tertiary/aromatic N) is 9. The standard InChI is InChI=1S/C21H22BrIN6O2.C11H12ClN5O2.C10H11FIN/c22-13-3-4-16(23)15(10-13)18-2-1-7-28(18)19-6-9-29-20(26-19)17(11-24-29)25-21(31)27-8-5-14(30)12-27;12-9-2-4-17-10(15-9)8(5-13-17)14-11(19)16-3-1-7(18)6-16;11-7-3-4-9(12)8(6-7)10-2-1-5-13-10/h3-4,6,9-11,14,18,30H,1-2,5,7-8,12H2,(H,25,31);2,4-5,7,18H,1,3,6H2,(H,14,19);3-4,6,10,13H,1-2,5H2/t14-,18?;7-;/m00./s1. The number of nitrogens with one attached hydrogen (secondary N) is 3. The van der Waals surface area contributed by atoms with Gasteiger partial charge in [-0.15, -0.1) is 0 Å². The summed E-state index contributed by atoms with van der Waals surface area (Å²) >= 11 is 14.1. The highest BCUT2D eigenvalue weighted by atomic mass is 127. The van der Waals surface area contributed by atoms with Crippen molar-refractivity contribution in [2.75, 3.05) is 54.8 Å². The Balaban J connectivity index is 0.000000144. The largest absolute Gasteiger partial charge is 0.391 e. The quantitative estimate of drug-likeness (QED) is 0.0843. The van der Waals surface area contributed by atoms with Crippen LogP contribution in [0.3, 0.4) is 0 Å². The molecule has 4 aliphatic heterocycles. The number of β-amino-alcohol motifs (C(OH)–C–C–N with tert-alkyl or cyclic N) is 2. The third kappa shape index (κ3) is 11.0. The van der Waals surface area contributed by atoms with E-state index in [2.05, 4.69) is 115 Å². The second kappa shape index (κ2) is 20.5. The molecular formula is C42H45BrClFI2N12O4. The number of likely N-dealkylation sites (tertiary alicyclic amines) is 2. The molecule has 0 bridgehead atoms. The number of rotatable bonds is 5. The molecule has 0 aliphatic carbocycles. The fourth-order valence-corrected chi connectivity index (χ4v) is 10.1. The molecule has 332 valence electrons. The van der Waals surface area contributed by atoms with Gasteiger partial charge in [0.05, 0.1) is 30.6 Å². The third-order valence-corrected chi connectivity index (χ3v) is 14.0. The molecule has 4 fully saturated rings. The molecule has 4 aromatic heterocycles. The average molecular weight is 1170 g/mol. The Hall–Kier alpha value is -3.94. The Morgan fingerprint density at radius 3 is 2.02 bits per heavy atom. The maximum Gasteiger partial charge on any atom is 0.322 e. The fraction of sp³-hybridized carbons (Fsp3) is 0.381. The number of aromatic nitrogens is 6. The zero-order valence-electron chi connectivity index (χ0n) is 33.8. The minimum atomic E-state index is -0.452. The Labute approximate surface area is 403 Å². The summed E-state index contributed by atoms with van der Waals surface area (Å²) < 4.78 is 19.6. The highest BCUT2D eigenvalue weighted by molar-refractivity contribution is 14.1.